The lowest BCUT2D eigenvalue weighted by Gasteiger charge is -2.08. The maximum atomic E-state index is 11.7. The molecule has 0 radical (unpaired) electrons. The number of nitrogen functional groups attached to an aromatic ring is 1. The van der Waals surface area contributed by atoms with E-state index in [1.54, 1.807) is 30.3 Å². The van der Waals surface area contributed by atoms with E-state index in [1.165, 1.54) is 0 Å². The van der Waals surface area contributed by atoms with E-state index in [2.05, 4.69) is 10.6 Å². The lowest BCUT2D eigenvalue weighted by Crippen LogP contribution is -2.28. The third kappa shape index (κ3) is 4.05. The number of urea groups is 1. The number of hydrogen-bond acceptors (Lipinski definition) is 2. The van der Waals surface area contributed by atoms with Crippen LogP contribution in [-0.2, 0) is 6.54 Å². The predicted octanol–water partition coefficient (Wildman–Crippen LogP) is 3.90. The van der Waals surface area contributed by atoms with Gasteiger partial charge in [-0.15, -0.1) is 0 Å². The van der Waals surface area contributed by atoms with E-state index in [1.807, 2.05) is 12.1 Å². The van der Waals surface area contributed by atoms with E-state index in [9.17, 15) is 4.79 Å². The fourth-order valence-corrected chi connectivity index (χ4v) is 1.87. The molecular weight excluding hydrogens is 297 g/mol. The second-order valence-electron chi connectivity index (χ2n) is 4.18. The average Bonchev–Trinajstić information content (AvgIpc) is 2.42. The van der Waals surface area contributed by atoms with Gasteiger partial charge in [-0.3, -0.25) is 0 Å². The first-order chi connectivity index (χ1) is 9.54. The summed E-state index contributed by atoms with van der Waals surface area (Å²) in [5, 5.41) is 6.24. The third-order valence-electron chi connectivity index (χ3n) is 2.61. The summed E-state index contributed by atoms with van der Waals surface area (Å²) in [5.41, 5.74) is 7.82. The Morgan fingerprint density at radius 2 is 1.75 bits per heavy atom. The molecule has 4 nitrogen and oxygen atoms in total. The molecule has 0 bridgehead atoms. The Morgan fingerprint density at radius 3 is 2.40 bits per heavy atom. The van der Waals surface area contributed by atoms with Gasteiger partial charge in [0.1, 0.15) is 0 Å². The number of amides is 2. The van der Waals surface area contributed by atoms with Crippen LogP contribution in [0.15, 0.2) is 42.5 Å². The predicted molar refractivity (Wildman–Crippen MR) is 83.2 cm³/mol. The van der Waals surface area contributed by atoms with E-state index in [0.29, 0.717) is 28.0 Å². The summed E-state index contributed by atoms with van der Waals surface area (Å²) < 4.78 is 0. The van der Waals surface area contributed by atoms with Gasteiger partial charge < -0.3 is 16.4 Å². The van der Waals surface area contributed by atoms with E-state index in [-0.39, 0.29) is 6.03 Å². The van der Waals surface area contributed by atoms with Crippen molar-refractivity contribution in [3.05, 3.63) is 58.1 Å². The molecule has 6 heteroatoms. The van der Waals surface area contributed by atoms with Gasteiger partial charge >= 0.3 is 6.03 Å². The monoisotopic (exact) mass is 309 g/mol. The summed E-state index contributed by atoms with van der Waals surface area (Å²) in [6.45, 7) is 0.410. The number of carbonyl (C=O) groups is 1. The maximum Gasteiger partial charge on any atom is 0.319 e. The van der Waals surface area contributed by atoms with Crippen LogP contribution in [0.1, 0.15) is 5.56 Å². The zero-order valence-electron chi connectivity index (χ0n) is 10.5. The van der Waals surface area contributed by atoms with Gasteiger partial charge in [0.2, 0.25) is 0 Å². The Balaban J connectivity index is 1.89. The lowest BCUT2D eigenvalue weighted by molar-refractivity contribution is 0.251. The van der Waals surface area contributed by atoms with E-state index in [4.69, 9.17) is 28.9 Å². The molecule has 0 aliphatic heterocycles. The Kier molecular flexibility index (Phi) is 4.71. The number of rotatable bonds is 3. The number of anilines is 2. The van der Waals surface area contributed by atoms with E-state index < -0.39 is 0 Å². The molecule has 0 unspecified atom stereocenters. The quantitative estimate of drug-likeness (QED) is 0.753. The molecule has 2 aromatic carbocycles. The molecule has 0 saturated heterocycles. The van der Waals surface area contributed by atoms with Crippen LogP contribution in [0.2, 0.25) is 10.0 Å². The molecular formula is C14H13Cl2N3O. The van der Waals surface area contributed by atoms with Gasteiger partial charge in [-0.25, -0.2) is 4.79 Å². The largest absolute Gasteiger partial charge is 0.399 e. The number of carbonyl (C=O) groups excluding carboxylic acids is 1. The van der Waals surface area contributed by atoms with Crippen molar-refractivity contribution >= 4 is 40.6 Å². The van der Waals surface area contributed by atoms with Crippen LogP contribution >= 0.6 is 23.2 Å². The molecule has 0 atom stereocenters. The standard InChI is InChI=1S/C14H13Cl2N3O/c15-12-6-5-11(7-13(12)16)19-14(20)18-8-9-1-3-10(17)4-2-9/h1-7H,8,17H2,(H2,18,19,20). The van der Waals surface area contributed by atoms with Crippen molar-refractivity contribution in [2.24, 2.45) is 0 Å². The first-order valence-corrected chi connectivity index (χ1v) is 6.64. The van der Waals surface area contributed by atoms with Crippen LogP contribution in [-0.4, -0.2) is 6.03 Å². The Hall–Kier alpha value is -1.91. The number of hydrogen-bond donors (Lipinski definition) is 3. The molecule has 0 aliphatic carbocycles. The van der Waals surface area contributed by atoms with Crippen LogP contribution in [0, 0.1) is 0 Å². The molecule has 0 saturated carbocycles. The summed E-state index contributed by atoms with van der Waals surface area (Å²) in [4.78, 5) is 11.7. The van der Waals surface area contributed by atoms with Gasteiger partial charge in [0.15, 0.2) is 0 Å². The Morgan fingerprint density at radius 1 is 1.05 bits per heavy atom. The third-order valence-corrected chi connectivity index (χ3v) is 3.35. The number of halogens is 2. The minimum atomic E-state index is -0.319. The smallest absolute Gasteiger partial charge is 0.319 e. The zero-order chi connectivity index (χ0) is 14.5. The molecule has 2 rings (SSSR count). The Labute approximate surface area is 126 Å². The van der Waals surface area contributed by atoms with Gasteiger partial charge in [-0.2, -0.15) is 0 Å². The van der Waals surface area contributed by atoms with Gasteiger partial charge in [-0.1, -0.05) is 35.3 Å². The molecule has 2 amide bonds. The lowest BCUT2D eigenvalue weighted by atomic mass is 10.2. The van der Waals surface area contributed by atoms with Crippen molar-refractivity contribution in [1.29, 1.82) is 0 Å². The van der Waals surface area contributed by atoms with Crippen molar-refractivity contribution in [2.45, 2.75) is 6.54 Å². The highest BCUT2D eigenvalue weighted by Gasteiger charge is 2.04. The first kappa shape index (κ1) is 14.5. The normalized spacial score (nSPS) is 10.1. The SMILES string of the molecule is Nc1ccc(CNC(=O)Nc2ccc(Cl)c(Cl)c2)cc1. The molecule has 104 valence electrons. The van der Waals surface area contributed by atoms with E-state index >= 15 is 0 Å². The summed E-state index contributed by atoms with van der Waals surface area (Å²) in [6, 6.07) is 11.9. The fourth-order valence-electron chi connectivity index (χ4n) is 1.57. The molecule has 0 fully saturated rings. The minimum Gasteiger partial charge on any atom is -0.399 e. The van der Waals surface area contributed by atoms with Gasteiger partial charge in [-0.05, 0) is 35.9 Å². The fraction of sp³-hybridized carbons (Fsp3) is 0.0714. The molecule has 0 spiro atoms. The second-order valence-corrected chi connectivity index (χ2v) is 4.99. The molecule has 2 aromatic rings. The van der Waals surface area contributed by atoms with Crippen molar-refractivity contribution in [2.75, 3.05) is 11.1 Å². The van der Waals surface area contributed by atoms with Crippen molar-refractivity contribution in [3.8, 4) is 0 Å². The maximum absolute atomic E-state index is 11.7. The Bertz CT molecular complexity index is 614. The highest BCUT2D eigenvalue weighted by atomic mass is 35.5. The van der Waals surface area contributed by atoms with Crippen LogP contribution < -0.4 is 16.4 Å². The molecule has 0 heterocycles. The molecule has 0 aromatic heterocycles. The van der Waals surface area contributed by atoms with Gasteiger partial charge in [0.25, 0.3) is 0 Å². The number of nitrogens with one attached hydrogen (secondary N) is 2. The summed E-state index contributed by atoms with van der Waals surface area (Å²) in [7, 11) is 0. The van der Waals surface area contributed by atoms with Crippen LogP contribution in [0.4, 0.5) is 16.2 Å². The number of benzene rings is 2. The highest BCUT2D eigenvalue weighted by Crippen LogP contribution is 2.24. The van der Waals surface area contributed by atoms with Gasteiger partial charge in [0.05, 0.1) is 10.0 Å². The summed E-state index contributed by atoms with van der Waals surface area (Å²) in [5.74, 6) is 0. The first-order valence-electron chi connectivity index (χ1n) is 5.89. The van der Waals surface area contributed by atoms with Crippen LogP contribution in [0.5, 0.6) is 0 Å². The number of nitrogens with two attached hydrogens (primary N) is 1. The topological polar surface area (TPSA) is 67.1 Å². The van der Waals surface area contributed by atoms with Gasteiger partial charge in [0, 0.05) is 17.9 Å². The minimum absolute atomic E-state index is 0.319. The highest BCUT2D eigenvalue weighted by molar-refractivity contribution is 6.42. The molecule has 0 aliphatic rings. The zero-order valence-corrected chi connectivity index (χ0v) is 12.0. The molecule has 20 heavy (non-hydrogen) atoms. The molecule has 4 N–H and O–H groups in total. The van der Waals surface area contributed by atoms with E-state index in [0.717, 1.165) is 5.56 Å². The van der Waals surface area contributed by atoms with Crippen molar-refractivity contribution in [1.82, 2.24) is 5.32 Å². The van der Waals surface area contributed by atoms with Crippen molar-refractivity contribution in [3.63, 3.8) is 0 Å². The van der Waals surface area contributed by atoms with Crippen LogP contribution in [0.3, 0.4) is 0 Å². The van der Waals surface area contributed by atoms with Crippen LogP contribution in [0.25, 0.3) is 0 Å². The van der Waals surface area contributed by atoms with Crippen molar-refractivity contribution < 1.29 is 4.79 Å². The average molecular weight is 310 g/mol. The summed E-state index contributed by atoms with van der Waals surface area (Å²) >= 11 is 11.7. The summed E-state index contributed by atoms with van der Waals surface area (Å²) in [6.07, 6.45) is 0. The second kappa shape index (κ2) is 6.50.